The summed E-state index contributed by atoms with van der Waals surface area (Å²) in [5.74, 6) is 0.362. The second kappa shape index (κ2) is 12.0. The fourth-order valence-electron chi connectivity index (χ4n) is 9.75. The predicted molar refractivity (Wildman–Crippen MR) is 220 cm³/mol. The fraction of sp³-hybridized carbons (Fsp3) is 0.143. The van der Waals surface area contributed by atoms with Crippen LogP contribution in [-0.4, -0.2) is 4.57 Å². The van der Waals surface area contributed by atoms with Gasteiger partial charge in [-0.2, -0.15) is 0 Å². The first-order valence-corrected chi connectivity index (χ1v) is 20.3. The van der Waals surface area contributed by atoms with Gasteiger partial charge in [0.2, 0.25) is 0 Å². The molecule has 1 spiro atoms. The van der Waals surface area contributed by atoms with Crippen LogP contribution in [0.2, 0.25) is 0 Å². The monoisotopic (exact) mass is 703 g/mol. The van der Waals surface area contributed by atoms with E-state index in [2.05, 4.69) is 162 Å². The van der Waals surface area contributed by atoms with Crippen molar-refractivity contribution in [3.63, 3.8) is 0 Å². The lowest BCUT2D eigenvalue weighted by Crippen LogP contribution is -2.39. The largest absolute Gasteiger partial charge is 0.313 e. The number of hydrogen-bond acceptors (Lipinski definition) is 2. The van der Waals surface area contributed by atoms with Crippen LogP contribution in [0.4, 0.5) is 0 Å². The molecule has 0 N–H and O–H groups in total. The van der Waals surface area contributed by atoms with Crippen LogP contribution >= 0.6 is 23.5 Å². The Bertz CT molecular complexity index is 2600. The Balaban J connectivity index is 1.11. The van der Waals surface area contributed by atoms with Crippen molar-refractivity contribution < 1.29 is 0 Å². The maximum absolute atomic E-state index is 2.62. The Morgan fingerprint density at radius 1 is 0.673 bits per heavy atom. The third-order valence-electron chi connectivity index (χ3n) is 11.9. The molecular formula is C49H37NS2. The normalized spacial score (nSPS) is 21.4. The lowest BCUT2D eigenvalue weighted by molar-refractivity contribution is 0.604. The average molecular weight is 704 g/mol. The highest BCUT2D eigenvalue weighted by Gasteiger charge is 2.52. The number of aromatic nitrogens is 1. The van der Waals surface area contributed by atoms with E-state index in [-0.39, 0.29) is 5.41 Å². The van der Waals surface area contributed by atoms with Gasteiger partial charge in [0.25, 0.3) is 0 Å². The summed E-state index contributed by atoms with van der Waals surface area (Å²) in [4.78, 5) is 5.79. The van der Waals surface area contributed by atoms with Gasteiger partial charge in [0, 0.05) is 42.9 Å². The van der Waals surface area contributed by atoms with Gasteiger partial charge >= 0.3 is 0 Å². The zero-order valence-electron chi connectivity index (χ0n) is 28.9. The van der Waals surface area contributed by atoms with Crippen molar-refractivity contribution in [3.8, 4) is 16.8 Å². The van der Waals surface area contributed by atoms with Gasteiger partial charge in [-0.1, -0.05) is 150 Å². The number of fused-ring (bicyclic) bond motifs is 9. The van der Waals surface area contributed by atoms with E-state index in [4.69, 9.17) is 0 Å². The molecule has 2 unspecified atom stereocenters. The molecule has 5 aliphatic rings. The number of para-hydroxylation sites is 2. The van der Waals surface area contributed by atoms with E-state index in [9.17, 15) is 0 Å². The molecule has 3 heteroatoms. The molecule has 250 valence electrons. The van der Waals surface area contributed by atoms with Gasteiger partial charge in [0.05, 0.1) is 10.9 Å². The zero-order chi connectivity index (χ0) is 34.2. The quantitative estimate of drug-likeness (QED) is 0.181. The van der Waals surface area contributed by atoms with Gasteiger partial charge in [-0.15, -0.1) is 0 Å². The Kier molecular flexibility index (Phi) is 7.10. The molecule has 0 saturated carbocycles. The van der Waals surface area contributed by atoms with Crippen LogP contribution in [0.3, 0.4) is 0 Å². The fourth-order valence-corrected chi connectivity index (χ4v) is 12.4. The van der Waals surface area contributed by atoms with Crippen molar-refractivity contribution >= 4 is 40.5 Å². The first-order valence-electron chi connectivity index (χ1n) is 18.6. The molecule has 3 heterocycles. The minimum absolute atomic E-state index is 0.326. The van der Waals surface area contributed by atoms with Crippen molar-refractivity contribution in [2.45, 2.75) is 47.3 Å². The minimum atomic E-state index is -0.326. The molecule has 11 rings (SSSR count). The van der Waals surface area contributed by atoms with Gasteiger partial charge in [0.1, 0.15) is 0 Å². The number of benzene rings is 5. The molecule has 0 bridgehead atoms. The highest BCUT2D eigenvalue weighted by Crippen LogP contribution is 2.65. The number of thioether (sulfide) groups is 2. The van der Waals surface area contributed by atoms with E-state index in [0.717, 1.165) is 32.1 Å². The van der Waals surface area contributed by atoms with Crippen molar-refractivity contribution in [3.05, 3.63) is 201 Å². The standard InChI is InChI=1S/C49H37NS2/c1-3-14-32(15-4-1)36-19-13-25-46-48(36)49(39-20-8-11-23-44(39)51-46)40-21-9-12-24-45(40)52-47-31-34(27-29-41(47)49)33-26-28-38-37-18-7-10-22-42(37)50(43(38)30-33)35-16-5-2-6-17-35/h1-10,12-22,24-26,28,31,33H,11,23,27,29-30H2. The Morgan fingerprint density at radius 2 is 1.46 bits per heavy atom. The maximum Gasteiger partial charge on any atom is 0.0711 e. The first kappa shape index (κ1) is 30.6. The smallest absolute Gasteiger partial charge is 0.0711 e. The van der Waals surface area contributed by atoms with Gasteiger partial charge < -0.3 is 4.57 Å². The summed E-state index contributed by atoms with van der Waals surface area (Å²) >= 11 is 4.02. The molecule has 0 amide bonds. The zero-order valence-corrected chi connectivity index (χ0v) is 30.5. The third-order valence-corrected chi connectivity index (χ3v) is 14.3. The second-order valence-corrected chi connectivity index (χ2v) is 16.8. The van der Waals surface area contributed by atoms with E-state index >= 15 is 0 Å². The average Bonchev–Trinajstić information content (AvgIpc) is 3.54. The van der Waals surface area contributed by atoms with Crippen LogP contribution in [-0.2, 0) is 11.8 Å². The molecule has 0 radical (unpaired) electrons. The highest BCUT2D eigenvalue weighted by atomic mass is 32.2. The maximum atomic E-state index is 2.62. The van der Waals surface area contributed by atoms with Gasteiger partial charge in [-0.25, -0.2) is 0 Å². The van der Waals surface area contributed by atoms with E-state index < -0.39 is 0 Å². The summed E-state index contributed by atoms with van der Waals surface area (Å²) in [6.07, 6.45) is 17.8. The van der Waals surface area contributed by atoms with Crippen LogP contribution < -0.4 is 0 Å². The Morgan fingerprint density at radius 3 is 2.37 bits per heavy atom. The molecule has 52 heavy (non-hydrogen) atoms. The molecule has 5 aromatic carbocycles. The van der Waals surface area contributed by atoms with E-state index in [1.807, 2.05) is 23.5 Å². The Hall–Kier alpha value is -4.96. The summed E-state index contributed by atoms with van der Waals surface area (Å²) in [6.45, 7) is 0. The van der Waals surface area contributed by atoms with Crippen LogP contribution in [0.5, 0.6) is 0 Å². The number of rotatable bonds is 3. The highest BCUT2D eigenvalue weighted by molar-refractivity contribution is 8.03. The van der Waals surface area contributed by atoms with Crippen LogP contribution in [0.15, 0.2) is 188 Å². The topological polar surface area (TPSA) is 4.93 Å². The SMILES string of the molecule is C1=CC2=C(CC1)Sc1cccc(-c3ccccc3)c1C21C2=C(C=C(C3C=Cc4c(n(-c5ccccc5)c5ccccc45)C3)CC2)Sc2ccccc21. The first-order chi connectivity index (χ1) is 25.8. The molecule has 3 aliphatic carbocycles. The lowest BCUT2D eigenvalue weighted by atomic mass is 9.59. The molecule has 0 saturated heterocycles. The molecule has 1 aromatic heterocycles. The summed E-state index contributed by atoms with van der Waals surface area (Å²) < 4.78 is 2.51. The summed E-state index contributed by atoms with van der Waals surface area (Å²) in [7, 11) is 0. The van der Waals surface area contributed by atoms with Gasteiger partial charge in [-0.05, 0) is 107 Å². The molecule has 2 aliphatic heterocycles. The van der Waals surface area contributed by atoms with Crippen molar-refractivity contribution in [1.82, 2.24) is 4.57 Å². The summed E-state index contributed by atoms with van der Waals surface area (Å²) in [5, 5.41) is 1.34. The Labute approximate surface area is 314 Å². The molecule has 2 atom stereocenters. The second-order valence-electron chi connectivity index (χ2n) is 14.6. The van der Waals surface area contributed by atoms with Crippen LogP contribution in [0.25, 0.3) is 33.8 Å². The molecule has 6 aromatic rings. The van der Waals surface area contributed by atoms with Gasteiger partial charge in [0.15, 0.2) is 0 Å². The third kappa shape index (κ3) is 4.45. The van der Waals surface area contributed by atoms with Crippen LogP contribution in [0.1, 0.15) is 48.1 Å². The predicted octanol–water partition coefficient (Wildman–Crippen LogP) is 13.3. The lowest BCUT2D eigenvalue weighted by Gasteiger charge is -2.50. The van der Waals surface area contributed by atoms with E-state index in [0.29, 0.717) is 5.92 Å². The molecular weight excluding hydrogens is 667 g/mol. The minimum Gasteiger partial charge on any atom is -0.313 e. The van der Waals surface area contributed by atoms with E-state index in [1.165, 1.54) is 70.4 Å². The van der Waals surface area contributed by atoms with Crippen molar-refractivity contribution in [2.24, 2.45) is 5.92 Å². The van der Waals surface area contributed by atoms with Crippen molar-refractivity contribution in [2.75, 3.05) is 0 Å². The number of allylic oxidation sites excluding steroid dienone is 8. The van der Waals surface area contributed by atoms with E-state index in [1.54, 1.807) is 16.1 Å². The molecule has 0 fully saturated rings. The summed E-state index contributed by atoms with van der Waals surface area (Å²) in [6, 6.07) is 47.3. The number of nitrogens with zero attached hydrogens (tertiary/aromatic N) is 1. The van der Waals surface area contributed by atoms with Crippen LogP contribution in [0, 0.1) is 5.92 Å². The molecule has 1 nitrogen and oxygen atoms in total. The number of hydrogen-bond donors (Lipinski definition) is 0. The van der Waals surface area contributed by atoms with Crippen molar-refractivity contribution in [1.29, 1.82) is 0 Å². The summed E-state index contributed by atoms with van der Waals surface area (Å²) in [5.41, 5.74) is 15.2. The van der Waals surface area contributed by atoms with Gasteiger partial charge in [-0.3, -0.25) is 0 Å².